The molecule has 1 fully saturated rings. The Morgan fingerprint density at radius 2 is 1.69 bits per heavy atom. The van der Waals surface area contributed by atoms with Gasteiger partial charge in [0.1, 0.15) is 11.3 Å². The van der Waals surface area contributed by atoms with Gasteiger partial charge in [-0.3, -0.25) is 9.69 Å². The van der Waals surface area contributed by atoms with E-state index >= 15 is 0 Å². The zero-order valence-electron chi connectivity index (χ0n) is 27.7. The molecule has 0 aromatic heterocycles. The molecule has 4 atom stereocenters. The summed E-state index contributed by atoms with van der Waals surface area (Å²) in [6.45, 7) is 18.6. The van der Waals surface area contributed by atoms with E-state index in [1.54, 1.807) is 19.1 Å². The number of carboxylic acids is 1. The second kappa shape index (κ2) is 15.3. The van der Waals surface area contributed by atoms with E-state index in [2.05, 4.69) is 13.8 Å². The summed E-state index contributed by atoms with van der Waals surface area (Å²) in [4.78, 5) is 27.5. The molecule has 1 aromatic rings. The average Bonchev–Trinajstić information content (AvgIpc) is 3.12. The maximum atomic E-state index is 13.6. The number of nitrogens with zero attached hydrogens (tertiary/aromatic N) is 1. The van der Waals surface area contributed by atoms with Crippen LogP contribution in [-0.2, 0) is 25.4 Å². The summed E-state index contributed by atoms with van der Waals surface area (Å²) in [6.07, 6.45) is 1.56. The van der Waals surface area contributed by atoms with Gasteiger partial charge >= 0.3 is 12.1 Å². The number of methoxy groups -OCH3 is 2. The van der Waals surface area contributed by atoms with Gasteiger partial charge in [-0.05, 0) is 89.3 Å². The highest BCUT2D eigenvalue weighted by atomic mass is 16.6. The van der Waals surface area contributed by atoms with Gasteiger partial charge in [0.2, 0.25) is 0 Å². The summed E-state index contributed by atoms with van der Waals surface area (Å²) < 4.78 is 29.0. The van der Waals surface area contributed by atoms with Crippen molar-refractivity contribution in [2.24, 2.45) is 23.7 Å². The molecule has 1 aliphatic rings. The topological polar surface area (TPSA) is 104 Å². The first kappa shape index (κ1) is 35.7. The van der Waals surface area contributed by atoms with E-state index < -0.39 is 35.4 Å². The number of ether oxygens (including phenoxy) is 5. The molecule has 9 heteroatoms. The molecule has 1 aliphatic heterocycles. The highest BCUT2D eigenvalue weighted by Crippen LogP contribution is 2.41. The van der Waals surface area contributed by atoms with Gasteiger partial charge in [0, 0.05) is 20.1 Å². The van der Waals surface area contributed by atoms with Crippen LogP contribution < -0.4 is 9.47 Å². The molecule has 2 rings (SSSR count). The first-order chi connectivity index (χ1) is 19.5. The summed E-state index contributed by atoms with van der Waals surface area (Å²) in [7, 11) is 3.30. The summed E-state index contributed by atoms with van der Waals surface area (Å²) in [5, 5.41) is 9.98. The number of amides is 1. The fourth-order valence-corrected chi connectivity index (χ4v) is 5.66. The largest absolute Gasteiger partial charge is 0.493 e. The Hall–Kier alpha value is -2.52. The Labute approximate surface area is 253 Å². The highest BCUT2D eigenvalue weighted by Gasteiger charge is 2.52. The van der Waals surface area contributed by atoms with Gasteiger partial charge in [0.15, 0.2) is 11.5 Å². The van der Waals surface area contributed by atoms with Crippen LogP contribution in [0, 0.1) is 23.7 Å². The van der Waals surface area contributed by atoms with E-state index in [0.717, 1.165) is 18.4 Å². The van der Waals surface area contributed by atoms with Crippen LogP contribution in [0.25, 0.3) is 0 Å². The quantitative estimate of drug-likeness (QED) is 0.221. The summed E-state index contributed by atoms with van der Waals surface area (Å²) in [5.74, 6) is 0.288. The van der Waals surface area contributed by atoms with Crippen molar-refractivity contribution in [2.75, 3.05) is 27.4 Å². The van der Waals surface area contributed by atoms with E-state index in [1.165, 1.54) is 0 Å². The fraction of sp³-hybridized carbons (Fsp3) is 0.758. The Kier molecular flexibility index (Phi) is 13.0. The van der Waals surface area contributed by atoms with Crippen molar-refractivity contribution in [3.63, 3.8) is 0 Å². The van der Waals surface area contributed by atoms with Gasteiger partial charge in [-0.25, -0.2) is 4.79 Å². The fourth-order valence-electron chi connectivity index (χ4n) is 5.66. The van der Waals surface area contributed by atoms with Gasteiger partial charge in [-0.15, -0.1) is 0 Å². The van der Waals surface area contributed by atoms with Gasteiger partial charge in [-0.1, -0.05) is 33.8 Å². The second-order valence-corrected chi connectivity index (χ2v) is 13.6. The molecule has 1 saturated heterocycles. The predicted molar refractivity (Wildman–Crippen MR) is 163 cm³/mol. The lowest BCUT2D eigenvalue weighted by Gasteiger charge is -2.37. The van der Waals surface area contributed by atoms with E-state index in [9.17, 15) is 14.7 Å². The van der Waals surface area contributed by atoms with E-state index in [1.807, 2.05) is 66.7 Å². The molecule has 4 unspecified atom stereocenters. The number of aliphatic carboxylic acids is 1. The summed E-state index contributed by atoms with van der Waals surface area (Å²) >= 11 is 0. The van der Waals surface area contributed by atoms with Crippen LogP contribution in [0.2, 0.25) is 0 Å². The Bertz CT molecular complexity index is 1020. The van der Waals surface area contributed by atoms with Crippen LogP contribution in [0.15, 0.2) is 18.2 Å². The number of hydrogen-bond donors (Lipinski definition) is 1. The number of carboxylic acid groups (broad SMARTS) is 1. The van der Waals surface area contributed by atoms with Crippen molar-refractivity contribution in [1.82, 2.24) is 4.90 Å². The van der Waals surface area contributed by atoms with E-state index in [4.69, 9.17) is 23.7 Å². The normalized spacial score (nSPS) is 20.1. The minimum Gasteiger partial charge on any atom is -0.493 e. The molecule has 240 valence electrons. The molecule has 0 aliphatic carbocycles. The van der Waals surface area contributed by atoms with Crippen LogP contribution >= 0.6 is 0 Å². The van der Waals surface area contributed by atoms with Crippen LogP contribution in [-0.4, -0.2) is 73.0 Å². The number of carbonyl (C=O) groups is 2. The Balaban J connectivity index is 2.42. The first-order valence-electron chi connectivity index (χ1n) is 15.2. The minimum atomic E-state index is -0.956. The maximum Gasteiger partial charge on any atom is 0.412 e. The molecule has 0 spiro atoms. The standard InChI is InChI=1S/C33H55NO8/c1-21(2)24(17-23-13-14-27(39-11)29(18-23)40-16-12-15-38-10)19-26-28(20-25(22(3)4)30(35)36)41-33(8,9)34(26)31(37)42-32(5,6)7/h13-14,18,21-22,24-26,28H,12,15-17,19-20H2,1-11H3,(H,35,36). The highest BCUT2D eigenvalue weighted by molar-refractivity contribution is 5.71. The van der Waals surface area contributed by atoms with E-state index in [0.29, 0.717) is 37.6 Å². The first-order valence-corrected chi connectivity index (χ1v) is 15.2. The van der Waals surface area contributed by atoms with Crippen molar-refractivity contribution >= 4 is 12.1 Å². The lowest BCUT2D eigenvalue weighted by molar-refractivity contribution is -0.146. The SMILES string of the molecule is COCCCOc1cc(CC(CC2C(CC(C(=O)O)C(C)C)OC(C)(C)N2C(=O)OC(C)(C)C)C(C)C)ccc1OC. The third-order valence-corrected chi connectivity index (χ3v) is 7.94. The molecule has 42 heavy (non-hydrogen) atoms. The minimum absolute atomic E-state index is 0.0760. The van der Waals surface area contributed by atoms with Crippen molar-refractivity contribution in [3.8, 4) is 11.5 Å². The van der Waals surface area contributed by atoms with Crippen LogP contribution in [0.4, 0.5) is 4.79 Å². The van der Waals surface area contributed by atoms with Crippen molar-refractivity contribution < 1.29 is 38.4 Å². The molecule has 0 bridgehead atoms. The van der Waals surface area contributed by atoms with Gasteiger partial charge < -0.3 is 28.8 Å². The zero-order valence-corrected chi connectivity index (χ0v) is 27.7. The van der Waals surface area contributed by atoms with Crippen LogP contribution in [0.1, 0.15) is 87.1 Å². The van der Waals surface area contributed by atoms with Crippen molar-refractivity contribution in [1.29, 1.82) is 0 Å². The lowest BCUT2D eigenvalue weighted by atomic mass is 9.80. The number of hydrogen-bond acceptors (Lipinski definition) is 7. The molecule has 0 radical (unpaired) electrons. The van der Waals surface area contributed by atoms with Crippen molar-refractivity contribution in [2.45, 2.75) is 111 Å². The second-order valence-electron chi connectivity index (χ2n) is 13.6. The molecular weight excluding hydrogens is 538 g/mol. The predicted octanol–water partition coefficient (Wildman–Crippen LogP) is 6.80. The smallest absolute Gasteiger partial charge is 0.412 e. The Morgan fingerprint density at radius 3 is 2.21 bits per heavy atom. The molecule has 1 amide bonds. The van der Waals surface area contributed by atoms with E-state index in [-0.39, 0.29) is 23.8 Å². The third kappa shape index (κ3) is 10.0. The molecule has 0 saturated carbocycles. The lowest BCUT2D eigenvalue weighted by Crippen LogP contribution is -2.51. The molecule has 1 heterocycles. The molecular formula is C33H55NO8. The molecule has 1 aromatic carbocycles. The monoisotopic (exact) mass is 593 g/mol. The number of carbonyl (C=O) groups excluding carboxylic acids is 1. The maximum absolute atomic E-state index is 13.6. The summed E-state index contributed by atoms with van der Waals surface area (Å²) in [5.41, 5.74) is -0.541. The van der Waals surface area contributed by atoms with Crippen LogP contribution in [0.5, 0.6) is 11.5 Å². The number of benzene rings is 1. The molecule has 9 nitrogen and oxygen atoms in total. The Morgan fingerprint density at radius 1 is 1.02 bits per heavy atom. The van der Waals surface area contributed by atoms with Crippen LogP contribution in [0.3, 0.4) is 0 Å². The number of rotatable bonds is 15. The third-order valence-electron chi connectivity index (χ3n) is 7.94. The van der Waals surface area contributed by atoms with Gasteiger partial charge in [-0.2, -0.15) is 0 Å². The summed E-state index contributed by atoms with van der Waals surface area (Å²) in [6, 6.07) is 5.65. The van der Waals surface area contributed by atoms with Gasteiger partial charge in [0.05, 0.1) is 31.8 Å². The average molecular weight is 594 g/mol. The van der Waals surface area contributed by atoms with Crippen molar-refractivity contribution in [3.05, 3.63) is 23.8 Å². The molecule has 1 N–H and O–H groups in total. The van der Waals surface area contributed by atoms with Gasteiger partial charge in [0.25, 0.3) is 0 Å². The zero-order chi connectivity index (χ0) is 31.8.